The third kappa shape index (κ3) is 4.45. The van der Waals surface area contributed by atoms with E-state index in [-0.39, 0.29) is 12.3 Å². The average molecular weight is 295 g/mol. The second-order valence-electron chi connectivity index (χ2n) is 7.23. The van der Waals surface area contributed by atoms with E-state index in [1.807, 2.05) is 0 Å². The van der Waals surface area contributed by atoms with Crippen molar-refractivity contribution in [2.75, 3.05) is 6.54 Å². The molecule has 0 aromatic rings. The molecule has 0 unspecified atom stereocenters. The second-order valence-corrected chi connectivity index (χ2v) is 7.23. The number of carbonyl (C=O) groups is 2. The number of hydrogen-bond donors (Lipinski definition) is 2. The van der Waals surface area contributed by atoms with Crippen LogP contribution in [-0.4, -0.2) is 23.5 Å². The summed E-state index contributed by atoms with van der Waals surface area (Å²) in [6, 6.07) is 0. The quantitative estimate of drug-likeness (QED) is 0.789. The van der Waals surface area contributed by atoms with Crippen molar-refractivity contribution in [3.63, 3.8) is 0 Å². The molecule has 120 valence electrons. The van der Waals surface area contributed by atoms with E-state index in [1.165, 1.54) is 25.7 Å². The molecule has 2 N–H and O–H groups in total. The van der Waals surface area contributed by atoms with E-state index in [2.05, 4.69) is 12.2 Å². The molecule has 0 atom stereocenters. The molecule has 1 amide bonds. The lowest BCUT2D eigenvalue weighted by Gasteiger charge is -2.26. The minimum absolute atomic E-state index is 0.0801. The van der Waals surface area contributed by atoms with Crippen molar-refractivity contribution >= 4 is 11.9 Å². The zero-order valence-electron chi connectivity index (χ0n) is 13.2. The molecule has 2 fully saturated rings. The summed E-state index contributed by atoms with van der Waals surface area (Å²) in [5, 5.41) is 12.3. The van der Waals surface area contributed by atoms with Crippen molar-refractivity contribution < 1.29 is 14.7 Å². The van der Waals surface area contributed by atoms with Gasteiger partial charge < -0.3 is 10.4 Å². The number of hydrogen-bond acceptors (Lipinski definition) is 2. The summed E-state index contributed by atoms with van der Waals surface area (Å²) < 4.78 is 0. The van der Waals surface area contributed by atoms with Gasteiger partial charge in [-0.25, -0.2) is 0 Å². The Hall–Kier alpha value is -1.06. The van der Waals surface area contributed by atoms with E-state index in [0.29, 0.717) is 19.4 Å². The van der Waals surface area contributed by atoms with Crippen LogP contribution in [-0.2, 0) is 9.59 Å². The van der Waals surface area contributed by atoms with E-state index < -0.39 is 11.4 Å². The summed E-state index contributed by atoms with van der Waals surface area (Å²) in [6.45, 7) is 3.01. The number of nitrogens with one attached hydrogen (secondary N) is 1. The van der Waals surface area contributed by atoms with Gasteiger partial charge in [0.05, 0.1) is 5.41 Å². The lowest BCUT2D eigenvalue weighted by atomic mass is 9.81. The molecule has 0 aromatic heterocycles. The Morgan fingerprint density at radius 2 is 1.76 bits per heavy atom. The molecular formula is C17H29NO3. The maximum absolute atomic E-state index is 12.0. The van der Waals surface area contributed by atoms with Crippen molar-refractivity contribution in [3.8, 4) is 0 Å². The first kappa shape index (κ1) is 16.3. The van der Waals surface area contributed by atoms with Crippen LogP contribution in [0.1, 0.15) is 71.1 Å². The number of rotatable bonds is 6. The van der Waals surface area contributed by atoms with Gasteiger partial charge >= 0.3 is 5.97 Å². The van der Waals surface area contributed by atoms with Crippen molar-refractivity contribution in [2.45, 2.75) is 71.1 Å². The Kier molecular flexibility index (Phi) is 5.65. The van der Waals surface area contributed by atoms with Crippen molar-refractivity contribution in [1.82, 2.24) is 5.32 Å². The van der Waals surface area contributed by atoms with Crippen molar-refractivity contribution in [1.29, 1.82) is 0 Å². The Bertz CT molecular complexity index is 366. The molecule has 0 heterocycles. The van der Waals surface area contributed by atoms with Crippen LogP contribution >= 0.6 is 0 Å². The molecule has 2 aliphatic rings. The predicted molar refractivity (Wildman–Crippen MR) is 81.9 cm³/mol. The number of carboxylic acid groups (broad SMARTS) is 1. The average Bonchev–Trinajstić information content (AvgIpc) is 2.91. The summed E-state index contributed by atoms with van der Waals surface area (Å²) in [5.41, 5.74) is -0.787. The normalized spacial score (nSPS) is 28.2. The number of aliphatic carboxylic acids is 1. The van der Waals surface area contributed by atoms with Crippen LogP contribution in [0.25, 0.3) is 0 Å². The molecule has 2 rings (SSSR count). The monoisotopic (exact) mass is 295 g/mol. The summed E-state index contributed by atoms with van der Waals surface area (Å²) in [5.74, 6) is 0.718. The van der Waals surface area contributed by atoms with Gasteiger partial charge in [0.2, 0.25) is 5.91 Å². The minimum atomic E-state index is -0.795. The molecule has 0 spiro atoms. The third-order valence-corrected chi connectivity index (χ3v) is 5.52. The van der Waals surface area contributed by atoms with E-state index >= 15 is 0 Å². The van der Waals surface area contributed by atoms with E-state index in [0.717, 1.165) is 31.1 Å². The molecule has 2 aliphatic carbocycles. The molecular weight excluding hydrogens is 266 g/mol. The fraction of sp³-hybridized carbons (Fsp3) is 0.882. The van der Waals surface area contributed by atoms with E-state index in [9.17, 15) is 14.7 Å². The standard InChI is InChI=1S/C17H29NO3/c1-13-4-6-14(7-5-13)8-11-18-15(19)12-17(16(20)21)9-2-3-10-17/h13-14H,2-12H2,1H3,(H,18,19)(H,20,21). The highest BCUT2D eigenvalue weighted by Gasteiger charge is 2.42. The first-order valence-electron chi connectivity index (χ1n) is 8.52. The summed E-state index contributed by atoms with van der Waals surface area (Å²) in [4.78, 5) is 23.5. The Balaban J connectivity index is 1.68. The molecule has 0 aliphatic heterocycles. The maximum Gasteiger partial charge on any atom is 0.310 e. The van der Waals surface area contributed by atoms with Crippen LogP contribution in [0.4, 0.5) is 0 Å². The Morgan fingerprint density at radius 3 is 2.33 bits per heavy atom. The van der Waals surface area contributed by atoms with Gasteiger partial charge in [-0.1, -0.05) is 45.4 Å². The molecule has 0 bridgehead atoms. The smallest absolute Gasteiger partial charge is 0.310 e. The molecule has 4 heteroatoms. The van der Waals surface area contributed by atoms with Crippen molar-refractivity contribution in [3.05, 3.63) is 0 Å². The van der Waals surface area contributed by atoms with Crippen LogP contribution in [0.2, 0.25) is 0 Å². The Labute approximate surface area is 127 Å². The molecule has 2 saturated carbocycles. The zero-order chi connectivity index (χ0) is 15.3. The Morgan fingerprint density at radius 1 is 1.14 bits per heavy atom. The minimum Gasteiger partial charge on any atom is -0.481 e. The molecule has 21 heavy (non-hydrogen) atoms. The van der Waals surface area contributed by atoms with Crippen LogP contribution < -0.4 is 5.32 Å². The fourth-order valence-electron chi connectivity index (χ4n) is 3.92. The van der Waals surface area contributed by atoms with E-state index in [1.54, 1.807) is 0 Å². The number of amides is 1. The summed E-state index contributed by atoms with van der Waals surface area (Å²) >= 11 is 0. The van der Waals surface area contributed by atoms with Gasteiger partial charge in [-0.05, 0) is 31.1 Å². The highest BCUT2D eigenvalue weighted by atomic mass is 16.4. The molecule has 0 radical (unpaired) electrons. The largest absolute Gasteiger partial charge is 0.481 e. The summed E-state index contributed by atoms with van der Waals surface area (Å²) in [6.07, 6.45) is 9.52. The summed E-state index contributed by atoms with van der Waals surface area (Å²) in [7, 11) is 0. The van der Waals surface area contributed by atoms with Crippen LogP contribution in [0.15, 0.2) is 0 Å². The van der Waals surface area contributed by atoms with Gasteiger partial charge in [0.1, 0.15) is 0 Å². The van der Waals surface area contributed by atoms with Gasteiger partial charge in [0, 0.05) is 13.0 Å². The SMILES string of the molecule is CC1CCC(CCNC(=O)CC2(C(=O)O)CCCC2)CC1. The van der Waals surface area contributed by atoms with Crippen molar-refractivity contribution in [2.24, 2.45) is 17.3 Å². The van der Waals surface area contributed by atoms with E-state index in [4.69, 9.17) is 0 Å². The van der Waals surface area contributed by atoms with Crippen LogP contribution in [0.5, 0.6) is 0 Å². The predicted octanol–water partition coefficient (Wildman–Crippen LogP) is 3.35. The number of carboxylic acids is 1. The van der Waals surface area contributed by atoms with Gasteiger partial charge in [0.15, 0.2) is 0 Å². The first-order chi connectivity index (χ1) is 10.0. The van der Waals surface area contributed by atoms with Gasteiger partial charge in [-0.2, -0.15) is 0 Å². The third-order valence-electron chi connectivity index (χ3n) is 5.52. The highest BCUT2D eigenvalue weighted by molar-refractivity contribution is 5.85. The topological polar surface area (TPSA) is 66.4 Å². The highest BCUT2D eigenvalue weighted by Crippen LogP contribution is 2.41. The molecule has 0 saturated heterocycles. The van der Waals surface area contributed by atoms with Crippen LogP contribution in [0.3, 0.4) is 0 Å². The number of carbonyl (C=O) groups excluding carboxylic acids is 1. The van der Waals surface area contributed by atoms with Gasteiger partial charge in [-0.3, -0.25) is 9.59 Å². The van der Waals surface area contributed by atoms with Crippen LogP contribution in [0, 0.1) is 17.3 Å². The first-order valence-corrected chi connectivity index (χ1v) is 8.52. The maximum atomic E-state index is 12.0. The second kappa shape index (κ2) is 7.28. The zero-order valence-corrected chi connectivity index (χ0v) is 13.2. The fourth-order valence-corrected chi connectivity index (χ4v) is 3.92. The van der Waals surface area contributed by atoms with Gasteiger partial charge in [0.25, 0.3) is 0 Å². The lowest BCUT2D eigenvalue weighted by molar-refractivity contribution is -0.151. The van der Waals surface area contributed by atoms with Gasteiger partial charge in [-0.15, -0.1) is 0 Å². The lowest BCUT2D eigenvalue weighted by Crippen LogP contribution is -2.36. The molecule has 4 nitrogen and oxygen atoms in total. The molecule has 0 aromatic carbocycles.